The topological polar surface area (TPSA) is 102 Å². The van der Waals surface area contributed by atoms with Crippen LogP contribution in [-0.4, -0.2) is 47.1 Å². The minimum atomic E-state index is -0.626. The molecular weight excluding hydrogens is 418 g/mol. The summed E-state index contributed by atoms with van der Waals surface area (Å²) in [6, 6.07) is 13.0. The third-order valence-electron chi connectivity index (χ3n) is 4.65. The average Bonchev–Trinajstić information content (AvgIpc) is 2.77. The molecule has 1 atom stereocenters. The van der Waals surface area contributed by atoms with Gasteiger partial charge in [0.1, 0.15) is 11.8 Å². The average molecular weight is 446 g/mol. The van der Waals surface area contributed by atoms with Crippen molar-refractivity contribution in [2.75, 3.05) is 19.4 Å². The zero-order valence-corrected chi connectivity index (χ0v) is 18.7. The van der Waals surface area contributed by atoms with E-state index in [0.29, 0.717) is 18.0 Å². The van der Waals surface area contributed by atoms with Crippen LogP contribution < -0.4 is 10.1 Å². The van der Waals surface area contributed by atoms with Gasteiger partial charge in [0.15, 0.2) is 0 Å². The third-order valence-corrected chi connectivity index (χ3v) is 5.64. The highest BCUT2D eigenvalue weighted by atomic mass is 32.2. The highest BCUT2D eigenvalue weighted by Gasteiger charge is 2.25. The smallest absolute Gasteiger partial charge is 0.269 e. The molecule has 0 fully saturated rings. The number of rotatable bonds is 11. The molecule has 2 aromatic rings. The maximum absolute atomic E-state index is 13.0. The highest BCUT2D eigenvalue weighted by molar-refractivity contribution is 7.99. The van der Waals surface area contributed by atoms with Gasteiger partial charge in [0, 0.05) is 31.0 Å². The van der Waals surface area contributed by atoms with Crippen LogP contribution in [0.2, 0.25) is 0 Å². The van der Waals surface area contributed by atoms with Crippen molar-refractivity contribution >= 4 is 29.3 Å². The van der Waals surface area contributed by atoms with Gasteiger partial charge in [0.05, 0.1) is 17.8 Å². The molecule has 0 saturated heterocycles. The third kappa shape index (κ3) is 7.29. The van der Waals surface area contributed by atoms with E-state index in [1.165, 1.54) is 23.9 Å². The number of methoxy groups -OCH3 is 1. The number of ether oxygens (including phenoxy) is 1. The number of non-ortho nitro benzene ring substituents is 1. The fourth-order valence-corrected chi connectivity index (χ4v) is 3.80. The lowest BCUT2D eigenvalue weighted by molar-refractivity contribution is -0.384. The Kier molecular flexibility index (Phi) is 9.33. The van der Waals surface area contributed by atoms with Gasteiger partial charge in [-0.25, -0.2) is 0 Å². The van der Waals surface area contributed by atoms with E-state index < -0.39 is 11.0 Å². The van der Waals surface area contributed by atoms with Crippen molar-refractivity contribution in [2.24, 2.45) is 0 Å². The largest absolute Gasteiger partial charge is 0.497 e. The lowest BCUT2D eigenvalue weighted by Crippen LogP contribution is -2.48. The molecule has 0 spiro atoms. The monoisotopic (exact) mass is 445 g/mol. The summed E-state index contributed by atoms with van der Waals surface area (Å²) in [6.07, 6.45) is 0. The molecule has 166 valence electrons. The minimum absolute atomic E-state index is 0.0325. The number of hydrogen-bond donors (Lipinski definition) is 1. The van der Waals surface area contributed by atoms with Gasteiger partial charge in [-0.05, 0) is 37.1 Å². The van der Waals surface area contributed by atoms with Crippen LogP contribution in [0.25, 0.3) is 0 Å². The van der Waals surface area contributed by atoms with E-state index in [-0.39, 0.29) is 29.8 Å². The summed E-state index contributed by atoms with van der Waals surface area (Å²) < 4.78 is 5.25. The number of carbonyl (C=O) groups is 2. The predicted molar refractivity (Wildman–Crippen MR) is 121 cm³/mol. The zero-order valence-electron chi connectivity index (χ0n) is 17.9. The van der Waals surface area contributed by atoms with E-state index in [1.54, 1.807) is 31.1 Å². The van der Waals surface area contributed by atoms with Gasteiger partial charge in [-0.1, -0.05) is 24.3 Å². The Labute approximate surface area is 186 Å². The molecule has 0 bridgehead atoms. The molecule has 0 radical (unpaired) electrons. The van der Waals surface area contributed by atoms with Crippen LogP contribution in [0, 0.1) is 10.1 Å². The molecular formula is C22H27N3O5S. The summed E-state index contributed by atoms with van der Waals surface area (Å²) in [7, 11) is 1.58. The van der Waals surface area contributed by atoms with Crippen molar-refractivity contribution in [3.05, 3.63) is 69.8 Å². The number of thioether (sulfide) groups is 1. The number of nitro benzene ring substituents is 1. The number of nitrogens with zero attached hydrogens (tertiary/aromatic N) is 2. The molecule has 9 heteroatoms. The molecule has 1 N–H and O–H groups in total. The van der Waals surface area contributed by atoms with Gasteiger partial charge in [-0.2, -0.15) is 0 Å². The molecule has 0 heterocycles. The summed E-state index contributed by atoms with van der Waals surface area (Å²) in [4.78, 5) is 37.3. The molecule has 0 unspecified atom stereocenters. The Hall–Kier alpha value is -3.07. The number of amides is 2. The number of nitro groups is 1. The van der Waals surface area contributed by atoms with Crippen molar-refractivity contribution in [3.8, 4) is 5.75 Å². The van der Waals surface area contributed by atoms with Crippen molar-refractivity contribution in [1.82, 2.24) is 10.2 Å². The first-order valence-electron chi connectivity index (χ1n) is 9.86. The Balaban J connectivity index is 2.05. The maximum atomic E-state index is 13.0. The van der Waals surface area contributed by atoms with Crippen LogP contribution in [0.3, 0.4) is 0 Å². The molecule has 0 aliphatic rings. The van der Waals surface area contributed by atoms with E-state index in [0.717, 1.165) is 11.1 Å². The lowest BCUT2D eigenvalue weighted by Gasteiger charge is -2.28. The summed E-state index contributed by atoms with van der Waals surface area (Å²) in [6.45, 7) is 4.31. The second-order valence-corrected chi connectivity index (χ2v) is 7.85. The number of carbonyl (C=O) groups excluding carboxylic acids is 2. The Morgan fingerprint density at radius 1 is 1.19 bits per heavy atom. The fraction of sp³-hybridized carbons (Fsp3) is 0.364. The molecule has 0 aliphatic carbocycles. The number of likely N-dealkylation sites (N-methyl/N-ethyl adjacent to an activating group) is 1. The van der Waals surface area contributed by atoms with Crippen LogP contribution in [0.1, 0.15) is 25.0 Å². The quantitative estimate of drug-likeness (QED) is 0.420. The lowest BCUT2D eigenvalue weighted by atomic mass is 10.1. The van der Waals surface area contributed by atoms with Gasteiger partial charge in [0.25, 0.3) is 5.69 Å². The molecule has 0 saturated carbocycles. The van der Waals surface area contributed by atoms with E-state index in [9.17, 15) is 19.7 Å². The minimum Gasteiger partial charge on any atom is -0.497 e. The van der Waals surface area contributed by atoms with Crippen molar-refractivity contribution in [1.29, 1.82) is 0 Å². The van der Waals surface area contributed by atoms with Gasteiger partial charge in [-0.15, -0.1) is 11.8 Å². The molecule has 31 heavy (non-hydrogen) atoms. The first-order valence-corrected chi connectivity index (χ1v) is 11.0. The van der Waals surface area contributed by atoms with E-state index in [4.69, 9.17) is 4.74 Å². The van der Waals surface area contributed by atoms with Crippen molar-refractivity contribution in [2.45, 2.75) is 32.2 Å². The van der Waals surface area contributed by atoms with Crippen molar-refractivity contribution < 1.29 is 19.2 Å². The molecule has 2 aromatic carbocycles. The van der Waals surface area contributed by atoms with Crippen LogP contribution in [0.15, 0.2) is 48.5 Å². The van der Waals surface area contributed by atoms with Crippen LogP contribution in [-0.2, 0) is 21.9 Å². The van der Waals surface area contributed by atoms with E-state index in [2.05, 4.69) is 5.32 Å². The van der Waals surface area contributed by atoms with Gasteiger partial charge >= 0.3 is 0 Å². The number of benzene rings is 2. The van der Waals surface area contributed by atoms with E-state index >= 15 is 0 Å². The Morgan fingerprint density at radius 3 is 2.52 bits per heavy atom. The van der Waals surface area contributed by atoms with Gasteiger partial charge < -0.3 is 15.0 Å². The first-order chi connectivity index (χ1) is 14.8. The first kappa shape index (κ1) is 24.2. The number of nitrogens with one attached hydrogen (secondary N) is 1. The molecule has 0 aromatic heterocycles. The van der Waals surface area contributed by atoms with Crippen molar-refractivity contribution in [3.63, 3.8) is 0 Å². The zero-order chi connectivity index (χ0) is 22.8. The Morgan fingerprint density at radius 2 is 1.90 bits per heavy atom. The predicted octanol–water partition coefficient (Wildman–Crippen LogP) is 3.39. The highest BCUT2D eigenvalue weighted by Crippen LogP contribution is 2.20. The normalized spacial score (nSPS) is 11.5. The SMILES string of the molecule is CCNC(=O)[C@@H](C)N(Cc1cccc(OC)c1)C(=O)CSCc1ccc([N+](=O)[O-])cc1. The molecule has 8 nitrogen and oxygen atoms in total. The summed E-state index contributed by atoms with van der Waals surface area (Å²) >= 11 is 1.40. The molecule has 2 amide bonds. The summed E-state index contributed by atoms with van der Waals surface area (Å²) in [5, 5.41) is 13.5. The second-order valence-electron chi connectivity index (χ2n) is 6.86. The van der Waals surface area contributed by atoms with Gasteiger partial charge in [-0.3, -0.25) is 19.7 Å². The summed E-state index contributed by atoms with van der Waals surface area (Å²) in [5.41, 5.74) is 1.79. The van der Waals surface area contributed by atoms with Gasteiger partial charge in [0.2, 0.25) is 11.8 Å². The van der Waals surface area contributed by atoms with Crippen LogP contribution in [0.4, 0.5) is 5.69 Å². The maximum Gasteiger partial charge on any atom is 0.269 e. The molecule has 2 rings (SSSR count). The molecule has 0 aliphatic heterocycles. The van der Waals surface area contributed by atoms with Crippen LogP contribution >= 0.6 is 11.8 Å². The van der Waals surface area contributed by atoms with Crippen LogP contribution in [0.5, 0.6) is 5.75 Å². The second kappa shape index (κ2) is 11.9. The van der Waals surface area contributed by atoms with E-state index in [1.807, 2.05) is 31.2 Å². The number of hydrogen-bond acceptors (Lipinski definition) is 6. The standard InChI is InChI=1S/C22H27N3O5S/c1-4-23-22(27)16(2)24(13-18-6-5-7-20(12-18)30-3)21(26)15-31-14-17-8-10-19(11-9-17)25(28)29/h5-12,16H,4,13-15H2,1-3H3,(H,23,27)/t16-/m1/s1. The summed E-state index contributed by atoms with van der Waals surface area (Å²) in [5.74, 6) is 1.03. The Bertz CT molecular complexity index is 904. The fourth-order valence-electron chi connectivity index (χ4n) is 2.93.